The smallest absolute Gasteiger partial charge is 0.273 e. The molecule has 3 aromatic rings. The molecule has 0 radical (unpaired) electrons. The van der Waals surface area contributed by atoms with Crippen LogP contribution in [0.1, 0.15) is 35.3 Å². The Balaban J connectivity index is 1.38. The first-order chi connectivity index (χ1) is 13.7. The van der Waals surface area contributed by atoms with Gasteiger partial charge in [0.05, 0.1) is 13.7 Å². The molecule has 0 unspecified atom stereocenters. The van der Waals surface area contributed by atoms with Gasteiger partial charge in [0.15, 0.2) is 11.5 Å². The standard InChI is InChI=1S/C22H22N2O4/c1-3-27-17-6-4-5-15(11-17)18-12-19(18)23-22(25)20-13-21(28-24-20)14-7-9-16(26-2)10-8-14/h4-11,13,18-19H,3,12H2,1-2H3,(H,23,25)/t18-,19-/m1/s1. The summed E-state index contributed by atoms with van der Waals surface area (Å²) in [7, 11) is 1.62. The first kappa shape index (κ1) is 18.1. The molecular weight excluding hydrogens is 356 g/mol. The van der Waals surface area contributed by atoms with Crippen LogP contribution in [-0.4, -0.2) is 30.8 Å². The highest BCUT2D eigenvalue weighted by Gasteiger charge is 2.40. The molecule has 144 valence electrons. The van der Waals surface area contributed by atoms with Crippen molar-refractivity contribution in [3.05, 3.63) is 65.9 Å². The quantitative estimate of drug-likeness (QED) is 0.672. The number of hydrogen-bond donors (Lipinski definition) is 1. The van der Waals surface area contributed by atoms with Gasteiger partial charge >= 0.3 is 0 Å². The molecule has 28 heavy (non-hydrogen) atoms. The Morgan fingerprint density at radius 3 is 2.75 bits per heavy atom. The molecule has 1 fully saturated rings. The van der Waals surface area contributed by atoms with Crippen molar-refractivity contribution in [3.8, 4) is 22.8 Å². The van der Waals surface area contributed by atoms with E-state index < -0.39 is 0 Å². The zero-order valence-electron chi connectivity index (χ0n) is 15.8. The first-order valence-corrected chi connectivity index (χ1v) is 9.32. The topological polar surface area (TPSA) is 73.6 Å². The number of amides is 1. The van der Waals surface area contributed by atoms with E-state index in [4.69, 9.17) is 14.0 Å². The highest BCUT2D eigenvalue weighted by Crippen LogP contribution is 2.42. The van der Waals surface area contributed by atoms with Crippen LogP contribution in [-0.2, 0) is 0 Å². The van der Waals surface area contributed by atoms with Gasteiger partial charge in [0, 0.05) is 23.6 Å². The molecular formula is C22H22N2O4. The molecule has 1 aliphatic carbocycles. The van der Waals surface area contributed by atoms with Crippen LogP contribution >= 0.6 is 0 Å². The summed E-state index contributed by atoms with van der Waals surface area (Å²) >= 11 is 0. The summed E-state index contributed by atoms with van der Waals surface area (Å²) in [4.78, 5) is 12.5. The van der Waals surface area contributed by atoms with Gasteiger partial charge in [-0.25, -0.2) is 0 Å². The summed E-state index contributed by atoms with van der Waals surface area (Å²) in [6.45, 7) is 2.60. The Bertz CT molecular complexity index is 965. The normalized spacial score (nSPS) is 17.8. The molecule has 1 N–H and O–H groups in total. The molecule has 6 heteroatoms. The van der Waals surface area contributed by atoms with E-state index >= 15 is 0 Å². The SMILES string of the molecule is CCOc1cccc([C@H]2C[C@H]2NC(=O)c2cc(-c3ccc(OC)cc3)on2)c1. The minimum absolute atomic E-state index is 0.102. The van der Waals surface area contributed by atoms with Gasteiger partial charge in [-0.1, -0.05) is 17.3 Å². The van der Waals surface area contributed by atoms with Gasteiger partial charge in [-0.2, -0.15) is 0 Å². The second kappa shape index (κ2) is 7.76. The van der Waals surface area contributed by atoms with Gasteiger partial charge < -0.3 is 19.3 Å². The highest BCUT2D eigenvalue weighted by molar-refractivity contribution is 5.93. The third-order valence-electron chi connectivity index (χ3n) is 4.82. The zero-order valence-corrected chi connectivity index (χ0v) is 15.8. The molecule has 0 spiro atoms. The Morgan fingerprint density at radius 2 is 2.00 bits per heavy atom. The molecule has 2 atom stereocenters. The molecule has 1 heterocycles. The Hall–Kier alpha value is -3.28. The number of hydrogen-bond acceptors (Lipinski definition) is 5. The van der Waals surface area contributed by atoms with E-state index in [0.717, 1.165) is 23.5 Å². The zero-order chi connectivity index (χ0) is 19.5. The summed E-state index contributed by atoms with van der Waals surface area (Å²) in [6.07, 6.45) is 0.907. The lowest BCUT2D eigenvalue weighted by Crippen LogP contribution is -2.26. The molecule has 0 saturated heterocycles. The predicted octanol–water partition coefficient (Wildman–Crippen LogP) is 4.03. The van der Waals surface area contributed by atoms with E-state index in [2.05, 4.69) is 16.5 Å². The molecule has 1 aliphatic rings. The second-order valence-electron chi connectivity index (χ2n) is 6.73. The van der Waals surface area contributed by atoms with Crippen molar-refractivity contribution >= 4 is 5.91 Å². The number of nitrogens with one attached hydrogen (secondary N) is 1. The van der Waals surface area contributed by atoms with Crippen molar-refractivity contribution in [1.29, 1.82) is 0 Å². The van der Waals surface area contributed by atoms with Crippen molar-refractivity contribution in [2.75, 3.05) is 13.7 Å². The fourth-order valence-electron chi connectivity index (χ4n) is 3.24. The Labute approximate surface area is 163 Å². The van der Waals surface area contributed by atoms with E-state index in [1.54, 1.807) is 13.2 Å². The minimum atomic E-state index is -0.225. The number of rotatable bonds is 7. The first-order valence-electron chi connectivity index (χ1n) is 9.32. The maximum Gasteiger partial charge on any atom is 0.273 e. The van der Waals surface area contributed by atoms with E-state index in [1.807, 2.05) is 49.4 Å². The minimum Gasteiger partial charge on any atom is -0.497 e. The van der Waals surface area contributed by atoms with Gasteiger partial charge in [0.2, 0.25) is 0 Å². The summed E-state index contributed by atoms with van der Waals surface area (Å²) in [5, 5.41) is 6.94. The lowest BCUT2D eigenvalue weighted by Gasteiger charge is -2.06. The average Bonchev–Trinajstić information content (AvgIpc) is 3.31. The van der Waals surface area contributed by atoms with Crippen molar-refractivity contribution in [1.82, 2.24) is 10.5 Å². The van der Waals surface area contributed by atoms with Gasteiger partial charge in [-0.05, 0) is 55.3 Å². The Kier molecular flexibility index (Phi) is 5.02. The van der Waals surface area contributed by atoms with Crippen molar-refractivity contribution in [2.24, 2.45) is 0 Å². The van der Waals surface area contributed by atoms with Crippen LogP contribution in [0, 0.1) is 0 Å². The van der Waals surface area contributed by atoms with Gasteiger partial charge in [0.25, 0.3) is 5.91 Å². The van der Waals surface area contributed by atoms with Crippen LogP contribution in [0.15, 0.2) is 59.1 Å². The van der Waals surface area contributed by atoms with Crippen molar-refractivity contribution in [3.63, 3.8) is 0 Å². The van der Waals surface area contributed by atoms with E-state index in [0.29, 0.717) is 18.3 Å². The maximum absolute atomic E-state index is 12.5. The predicted molar refractivity (Wildman–Crippen MR) is 105 cm³/mol. The molecule has 4 rings (SSSR count). The lowest BCUT2D eigenvalue weighted by molar-refractivity contribution is 0.0941. The third-order valence-corrected chi connectivity index (χ3v) is 4.82. The fraction of sp³-hybridized carbons (Fsp3) is 0.273. The molecule has 6 nitrogen and oxygen atoms in total. The Morgan fingerprint density at radius 1 is 1.18 bits per heavy atom. The molecule has 1 aromatic heterocycles. The van der Waals surface area contributed by atoms with Crippen molar-refractivity contribution in [2.45, 2.75) is 25.3 Å². The number of ether oxygens (including phenoxy) is 2. The maximum atomic E-state index is 12.5. The van der Waals surface area contributed by atoms with E-state index in [-0.39, 0.29) is 17.6 Å². The molecule has 1 amide bonds. The number of nitrogens with zero attached hydrogens (tertiary/aromatic N) is 1. The van der Waals surface area contributed by atoms with Gasteiger partial charge in [0.1, 0.15) is 11.5 Å². The lowest BCUT2D eigenvalue weighted by atomic mass is 10.1. The van der Waals surface area contributed by atoms with Crippen LogP contribution in [0.2, 0.25) is 0 Å². The largest absolute Gasteiger partial charge is 0.497 e. The second-order valence-corrected chi connectivity index (χ2v) is 6.73. The van der Waals surface area contributed by atoms with Crippen LogP contribution in [0.3, 0.4) is 0 Å². The van der Waals surface area contributed by atoms with Crippen LogP contribution in [0.4, 0.5) is 0 Å². The number of methoxy groups -OCH3 is 1. The monoisotopic (exact) mass is 378 g/mol. The summed E-state index contributed by atoms with van der Waals surface area (Å²) in [5.74, 6) is 2.24. The molecule has 0 aliphatic heterocycles. The van der Waals surface area contributed by atoms with Gasteiger partial charge in [-0.3, -0.25) is 4.79 Å². The third kappa shape index (κ3) is 3.86. The fourth-order valence-corrected chi connectivity index (χ4v) is 3.24. The molecule has 1 saturated carbocycles. The van der Waals surface area contributed by atoms with Crippen LogP contribution < -0.4 is 14.8 Å². The number of aromatic nitrogens is 1. The highest BCUT2D eigenvalue weighted by atomic mass is 16.5. The number of carbonyl (C=O) groups is 1. The van der Waals surface area contributed by atoms with Crippen LogP contribution in [0.25, 0.3) is 11.3 Å². The van der Waals surface area contributed by atoms with E-state index in [9.17, 15) is 4.79 Å². The molecule has 0 bridgehead atoms. The molecule has 2 aromatic carbocycles. The summed E-state index contributed by atoms with van der Waals surface area (Å²) < 4.78 is 16.0. The van der Waals surface area contributed by atoms with Crippen LogP contribution in [0.5, 0.6) is 11.5 Å². The number of carbonyl (C=O) groups excluding carboxylic acids is 1. The summed E-state index contributed by atoms with van der Waals surface area (Å²) in [5.41, 5.74) is 2.29. The van der Waals surface area contributed by atoms with Crippen molar-refractivity contribution < 1.29 is 18.8 Å². The van der Waals surface area contributed by atoms with E-state index in [1.165, 1.54) is 5.56 Å². The van der Waals surface area contributed by atoms with Gasteiger partial charge in [-0.15, -0.1) is 0 Å². The average molecular weight is 378 g/mol. The number of benzene rings is 2. The summed E-state index contributed by atoms with van der Waals surface area (Å²) in [6, 6.07) is 17.2.